The third-order valence-electron chi connectivity index (χ3n) is 3.40. The van der Waals surface area contributed by atoms with Gasteiger partial charge in [-0.3, -0.25) is 9.59 Å². The molecule has 0 atom stereocenters. The minimum Gasteiger partial charge on any atom is -0.291 e. The summed E-state index contributed by atoms with van der Waals surface area (Å²) in [5.74, 6) is 0. The second kappa shape index (κ2) is 6.80. The maximum absolute atomic E-state index is 11.5. The van der Waals surface area contributed by atoms with Crippen LogP contribution >= 0.6 is 0 Å². The fourth-order valence-electron chi connectivity index (χ4n) is 2.41. The fourth-order valence-corrected chi connectivity index (χ4v) is 2.41. The van der Waals surface area contributed by atoms with Crippen molar-refractivity contribution in [3.05, 3.63) is 71.8 Å². The average Bonchev–Trinajstić information content (AvgIpc) is 2.49. The highest BCUT2D eigenvalue weighted by atomic mass is 16.1. The smallest absolute Gasteiger partial charge is 0.206 e. The Balaban J connectivity index is 2.25. The monoisotopic (exact) mass is 264 g/mol. The van der Waals surface area contributed by atoms with Gasteiger partial charge in [0.2, 0.25) is 6.29 Å². The summed E-state index contributed by atoms with van der Waals surface area (Å²) >= 11 is 0. The van der Waals surface area contributed by atoms with E-state index in [1.54, 1.807) is 0 Å². The Bertz CT molecular complexity index is 505. The first-order valence-corrected chi connectivity index (χ1v) is 6.60. The molecule has 0 saturated heterocycles. The van der Waals surface area contributed by atoms with Gasteiger partial charge in [-0.1, -0.05) is 60.7 Å². The lowest BCUT2D eigenvalue weighted by Crippen LogP contribution is -2.29. The first kappa shape index (κ1) is 14.2. The van der Waals surface area contributed by atoms with Gasteiger partial charge in [-0.2, -0.15) is 0 Å². The number of benzene rings is 2. The van der Waals surface area contributed by atoms with E-state index in [9.17, 15) is 9.59 Å². The summed E-state index contributed by atoms with van der Waals surface area (Å²) in [4.78, 5) is 22.4. The molecule has 2 aromatic carbocycles. The summed E-state index contributed by atoms with van der Waals surface area (Å²) in [6.45, 7) is 0. The van der Waals surface area contributed by atoms with E-state index in [-0.39, 0.29) is 6.42 Å². The number of carbonyl (C=O) groups excluding carboxylic acids is 2. The molecule has 2 rings (SSSR count). The van der Waals surface area contributed by atoms with Gasteiger partial charge >= 0.3 is 0 Å². The largest absolute Gasteiger partial charge is 0.291 e. The lowest BCUT2D eigenvalue weighted by Gasteiger charge is -2.25. The zero-order valence-electron chi connectivity index (χ0n) is 11.2. The minimum atomic E-state index is -0.829. The molecule has 0 saturated carbocycles. The molecule has 0 fully saturated rings. The second-order valence-corrected chi connectivity index (χ2v) is 5.03. The molecule has 0 aromatic heterocycles. The van der Waals surface area contributed by atoms with Gasteiger partial charge < -0.3 is 0 Å². The summed E-state index contributed by atoms with van der Waals surface area (Å²) in [5, 5.41) is 0. The Hall–Kier alpha value is -2.22. The van der Waals surface area contributed by atoms with Crippen LogP contribution in [0.5, 0.6) is 0 Å². The van der Waals surface area contributed by atoms with Crippen LogP contribution in [0.15, 0.2) is 60.7 Å². The first-order valence-electron chi connectivity index (χ1n) is 6.60. The molecule has 2 heteroatoms. The molecule has 0 bridgehead atoms. The molecule has 0 spiro atoms. The average molecular weight is 264 g/mol. The third kappa shape index (κ3) is 3.64. The van der Waals surface area contributed by atoms with E-state index in [1.165, 1.54) is 0 Å². The van der Waals surface area contributed by atoms with Gasteiger partial charge in [0.25, 0.3) is 0 Å². The van der Waals surface area contributed by atoms with E-state index in [1.807, 2.05) is 66.9 Å². The minimum absolute atomic E-state index is 0.0697. The quantitative estimate of drug-likeness (QED) is 0.770. The van der Waals surface area contributed by atoms with Crippen molar-refractivity contribution < 1.29 is 9.59 Å². The van der Waals surface area contributed by atoms with E-state index in [0.29, 0.717) is 12.8 Å². The van der Waals surface area contributed by atoms with Crippen molar-refractivity contribution in [1.82, 2.24) is 0 Å². The molecule has 0 unspecified atom stereocenters. The topological polar surface area (TPSA) is 34.1 Å². The maximum Gasteiger partial charge on any atom is 0.206 e. The highest BCUT2D eigenvalue weighted by Gasteiger charge is 2.31. The van der Waals surface area contributed by atoms with Gasteiger partial charge in [-0.15, -0.1) is 0 Å². The van der Waals surface area contributed by atoms with Crippen LogP contribution in [-0.2, 0) is 22.4 Å². The summed E-state index contributed by atoms with van der Waals surface area (Å²) in [7, 11) is 0. The SMILES string of the molecule is O=[C]CC([C]=O)(Cc1ccccc1)Cc1ccccc1. The molecular weight excluding hydrogens is 248 g/mol. The zero-order valence-corrected chi connectivity index (χ0v) is 11.2. The normalized spacial score (nSPS) is 11.0. The third-order valence-corrected chi connectivity index (χ3v) is 3.40. The van der Waals surface area contributed by atoms with E-state index < -0.39 is 5.41 Å². The van der Waals surface area contributed by atoms with Crippen molar-refractivity contribution in [3.63, 3.8) is 0 Å². The predicted octanol–water partition coefficient (Wildman–Crippen LogP) is 3.07. The van der Waals surface area contributed by atoms with Crippen LogP contribution in [0.2, 0.25) is 0 Å². The van der Waals surface area contributed by atoms with Gasteiger partial charge in [0.1, 0.15) is 0 Å². The lowest BCUT2D eigenvalue weighted by atomic mass is 9.75. The Labute approximate surface area is 119 Å². The number of rotatable bonds is 7. The van der Waals surface area contributed by atoms with Crippen LogP contribution in [0.4, 0.5) is 0 Å². The van der Waals surface area contributed by atoms with Crippen molar-refractivity contribution >= 4 is 12.6 Å². The van der Waals surface area contributed by atoms with Crippen molar-refractivity contribution in [1.29, 1.82) is 0 Å². The molecule has 0 aliphatic rings. The van der Waals surface area contributed by atoms with Crippen LogP contribution in [-0.4, -0.2) is 12.6 Å². The molecule has 0 N–H and O–H groups in total. The fraction of sp³-hybridized carbons (Fsp3) is 0.222. The van der Waals surface area contributed by atoms with Crippen LogP contribution in [0, 0.1) is 5.41 Å². The lowest BCUT2D eigenvalue weighted by molar-refractivity contribution is 0.382. The Kier molecular flexibility index (Phi) is 4.83. The van der Waals surface area contributed by atoms with Crippen LogP contribution in [0.3, 0.4) is 0 Å². The van der Waals surface area contributed by atoms with Gasteiger partial charge in [0, 0.05) is 6.42 Å². The molecule has 100 valence electrons. The summed E-state index contributed by atoms with van der Waals surface area (Å²) in [6.07, 6.45) is 5.06. The van der Waals surface area contributed by atoms with Crippen molar-refractivity contribution in [2.24, 2.45) is 5.41 Å². The highest BCUT2D eigenvalue weighted by molar-refractivity contribution is 5.68. The molecule has 0 amide bonds. The predicted molar refractivity (Wildman–Crippen MR) is 78.7 cm³/mol. The first-order chi connectivity index (χ1) is 9.78. The standard InChI is InChI=1S/C18H16O2/c19-12-11-18(15-20,13-16-7-3-1-4-8-16)14-17-9-5-2-6-10-17/h1-10H,11,13-14H2. The van der Waals surface area contributed by atoms with Gasteiger partial charge in [-0.25, -0.2) is 0 Å². The number of hydrogen-bond donors (Lipinski definition) is 0. The van der Waals surface area contributed by atoms with Crippen LogP contribution in [0.1, 0.15) is 17.5 Å². The number of hydrogen-bond acceptors (Lipinski definition) is 2. The molecule has 0 aliphatic carbocycles. The molecule has 0 heterocycles. The van der Waals surface area contributed by atoms with Gasteiger partial charge in [0.15, 0.2) is 6.29 Å². The Morgan fingerprint density at radius 2 is 1.20 bits per heavy atom. The van der Waals surface area contributed by atoms with Crippen LogP contribution < -0.4 is 0 Å². The van der Waals surface area contributed by atoms with Gasteiger partial charge in [0.05, 0.1) is 5.41 Å². The van der Waals surface area contributed by atoms with Crippen molar-refractivity contribution in [2.45, 2.75) is 19.3 Å². The second-order valence-electron chi connectivity index (χ2n) is 5.03. The maximum atomic E-state index is 11.5. The highest BCUT2D eigenvalue weighted by Crippen LogP contribution is 2.29. The molecule has 20 heavy (non-hydrogen) atoms. The van der Waals surface area contributed by atoms with Gasteiger partial charge in [-0.05, 0) is 24.0 Å². The van der Waals surface area contributed by atoms with Crippen molar-refractivity contribution in [2.75, 3.05) is 0 Å². The molecule has 2 nitrogen and oxygen atoms in total. The summed E-state index contributed by atoms with van der Waals surface area (Å²) in [6, 6.07) is 19.4. The Morgan fingerprint density at radius 1 is 0.750 bits per heavy atom. The summed E-state index contributed by atoms with van der Waals surface area (Å²) in [5.41, 5.74) is 1.23. The van der Waals surface area contributed by atoms with Crippen molar-refractivity contribution in [3.8, 4) is 0 Å². The van der Waals surface area contributed by atoms with E-state index in [4.69, 9.17) is 0 Å². The van der Waals surface area contributed by atoms with E-state index in [0.717, 1.165) is 11.1 Å². The molecule has 2 aromatic rings. The van der Waals surface area contributed by atoms with Crippen LogP contribution in [0.25, 0.3) is 0 Å². The van der Waals surface area contributed by atoms with E-state index >= 15 is 0 Å². The Morgan fingerprint density at radius 3 is 1.55 bits per heavy atom. The zero-order chi connectivity index (χ0) is 14.3. The molecule has 0 aliphatic heterocycles. The summed E-state index contributed by atoms with van der Waals surface area (Å²) < 4.78 is 0. The van der Waals surface area contributed by atoms with E-state index in [2.05, 4.69) is 6.29 Å². The molecular formula is C18H16O2. The molecule has 2 radical (unpaired) electrons.